The molecule has 1 aromatic carbocycles. The van der Waals surface area contributed by atoms with Gasteiger partial charge in [-0.3, -0.25) is 0 Å². The van der Waals surface area contributed by atoms with Gasteiger partial charge in [0.05, 0.1) is 5.69 Å². The molecule has 0 spiro atoms. The number of benzene rings is 1. The minimum Gasteiger partial charge on any atom is -0.458 e. The maximum Gasteiger partial charge on any atom is 0.252 e. The number of alkyl halides is 6. The molecule has 112 valence electrons. The summed E-state index contributed by atoms with van der Waals surface area (Å²) in [4.78, 5) is 0. The average Bonchev–Trinajstić information content (AvgIpc) is 2.24. The van der Waals surface area contributed by atoms with Crippen molar-refractivity contribution in [3.05, 3.63) is 17.7 Å². The Hall–Kier alpha value is 0.320. The molecular weight excluding hydrogens is 393 g/mol. The van der Waals surface area contributed by atoms with Crippen molar-refractivity contribution in [2.75, 3.05) is 11.5 Å². The first-order valence-corrected chi connectivity index (χ1v) is 7.41. The van der Waals surface area contributed by atoms with Crippen LogP contribution in [0.15, 0.2) is 12.1 Å². The summed E-state index contributed by atoms with van der Waals surface area (Å²) in [6, 6.07) is 3.00. The lowest BCUT2D eigenvalue weighted by molar-refractivity contribution is -0.135. The first kappa shape index (κ1) is 16.7. The van der Waals surface area contributed by atoms with Crippen molar-refractivity contribution in [1.82, 2.24) is 0 Å². The van der Waals surface area contributed by atoms with E-state index in [1.165, 1.54) is 12.1 Å². The molecule has 0 saturated heterocycles. The lowest BCUT2D eigenvalue weighted by atomic mass is 10.1. The molecule has 0 radical (unpaired) electrons. The third-order valence-electron chi connectivity index (χ3n) is 2.50. The van der Waals surface area contributed by atoms with Gasteiger partial charge in [0.25, 0.3) is 3.79 Å². The lowest BCUT2D eigenvalue weighted by Gasteiger charge is -2.38. The van der Waals surface area contributed by atoms with E-state index in [0.717, 1.165) is 0 Å². The van der Waals surface area contributed by atoms with Crippen molar-refractivity contribution in [2.45, 2.75) is 20.0 Å². The molecule has 1 heterocycles. The second kappa shape index (κ2) is 5.51. The molecular formula is C10H8Cl6N2O2. The van der Waals surface area contributed by atoms with E-state index in [9.17, 15) is 0 Å². The van der Waals surface area contributed by atoms with Gasteiger partial charge in [0, 0.05) is 11.3 Å². The van der Waals surface area contributed by atoms with Gasteiger partial charge >= 0.3 is 0 Å². The Balaban J connectivity index is 2.56. The van der Waals surface area contributed by atoms with Gasteiger partial charge in [-0.2, -0.15) is 0 Å². The van der Waals surface area contributed by atoms with Gasteiger partial charge < -0.3 is 20.9 Å². The number of hydrogen-bond acceptors (Lipinski definition) is 4. The predicted molar refractivity (Wildman–Crippen MR) is 84.1 cm³/mol. The molecule has 1 aliphatic heterocycles. The maximum absolute atomic E-state index is 5.90. The number of hydrogen-bond donors (Lipinski definition) is 2. The SMILES string of the molecule is Nc1cc(N)c2c(c1)C(C(Cl)(Cl)Cl)OC(C(Cl)(Cl)Cl)O2. The summed E-state index contributed by atoms with van der Waals surface area (Å²) in [5, 5.41) is 0. The van der Waals surface area contributed by atoms with E-state index in [4.69, 9.17) is 90.5 Å². The molecule has 20 heavy (non-hydrogen) atoms. The molecule has 2 atom stereocenters. The second-order valence-electron chi connectivity index (χ2n) is 4.08. The van der Waals surface area contributed by atoms with E-state index >= 15 is 0 Å². The number of anilines is 2. The highest BCUT2D eigenvalue weighted by Crippen LogP contribution is 2.53. The topological polar surface area (TPSA) is 70.5 Å². The number of halogens is 6. The Labute approximate surface area is 145 Å². The van der Waals surface area contributed by atoms with Crippen LogP contribution in [0.5, 0.6) is 5.75 Å². The molecule has 0 fully saturated rings. The van der Waals surface area contributed by atoms with Gasteiger partial charge in [-0.05, 0) is 12.1 Å². The summed E-state index contributed by atoms with van der Waals surface area (Å²) < 4.78 is 7.14. The van der Waals surface area contributed by atoms with Crippen molar-refractivity contribution < 1.29 is 9.47 Å². The Bertz CT molecular complexity index is 528. The van der Waals surface area contributed by atoms with Crippen LogP contribution >= 0.6 is 69.6 Å². The zero-order valence-corrected chi connectivity index (χ0v) is 14.1. The summed E-state index contributed by atoms with van der Waals surface area (Å²) in [6.07, 6.45) is -2.34. The minimum atomic E-state index is -1.89. The van der Waals surface area contributed by atoms with Crippen LogP contribution in [0.4, 0.5) is 11.4 Å². The quantitative estimate of drug-likeness (QED) is 0.501. The Morgan fingerprint density at radius 3 is 2.05 bits per heavy atom. The zero-order chi connectivity index (χ0) is 15.3. The highest BCUT2D eigenvalue weighted by atomic mass is 35.6. The summed E-state index contributed by atoms with van der Waals surface area (Å²) in [7, 11) is 0. The van der Waals surface area contributed by atoms with E-state index < -0.39 is 20.0 Å². The number of rotatable bonds is 0. The average molecular weight is 401 g/mol. The summed E-state index contributed by atoms with van der Waals surface area (Å²) in [5.41, 5.74) is 12.5. The summed E-state index contributed by atoms with van der Waals surface area (Å²) >= 11 is 35.0. The highest BCUT2D eigenvalue weighted by Gasteiger charge is 2.48. The van der Waals surface area contributed by atoms with Crippen LogP contribution in [-0.4, -0.2) is 13.9 Å². The molecule has 0 saturated carbocycles. The van der Waals surface area contributed by atoms with Gasteiger partial charge in [0.15, 0.2) is 5.75 Å². The molecule has 0 aliphatic carbocycles. The number of nitrogens with two attached hydrogens (primary N) is 2. The van der Waals surface area contributed by atoms with Crippen molar-refractivity contribution in [3.63, 3.8) is 0 Å². The molecule has 1 aliphatic rings. The molecule has 0 aromatic heterocycles. The monoisotopic (exact) mass is 398 g/mol. The van der Waals surface area contributed by atoms with Gasteiger partial charge in [0.2, 0.25) is 10.1 Å². The number of ether oxygens (including phenoxy) is 2. The largest absolute Gasteiger partial charge is 0.458 e. The molecule has 10 heteroatoms. The second-order valence-corrected chi connectivity index (χ2v) is 8.82. The fourth-order valence-electron chi connectivity index (χ4n) is 1.76. The number of nitrogen functional groups attached to an aromatic ring is 2. The zero-order valence-electron chi connectivity index (χ0n) is 9.55. The van der Waals surface area contributed by atoms with Crippen molar-refractivity contribution >= 4 is 81.0 Å². The van der Waals surface area contributed by atoms with Gasteiger partial charge in [-0.15, -0.1) is 0 Å². The molecule has 0 amide bonds. The van der Waals surface area contributed by atoms with Crippen molar-refractivity contribution in [1.29, 1.82) is 0 Å². The number of fused-ring (bicyclic) bond motifs is 1. The highest BCUT2D eigenvalue weighted by molar-refractivity contribution is 6.68. The third kappa shape index (κ3) is 3.38. The van der Waals surface area contributed by atoms with E-state index in [0.29, 0.717) is 11.3 Å². The molecule has 0 bridgehead atoms. The molecule has 1 aromatic rings. The van der Waals surface area contributed by atoms with Gasteiger partial charge in [-0.1, -0.05) is 69.6 Å². The summed E-state index contributed by atoms with van der Waals surface area (Å²) in [6.45, 7) is 0. The normalized spacial score (nSPS) is 23.1. The Morgan fingerprint density at radius 2 is 1.55 bits per heavy atom. The Kier molecular flexibility index (Phi) is 4.59. The van der Waals surface area contributed by atoms with Crippen molar-refractivity contribution in [2.24, 2.45) is 0 Å². The van der Waals surface area contributed by atoms with Crippen LogP contribution in [0.3, 0.4) is 0 Å². The van der Waals surface area contributed by atoms with E-state index in [1.807, 2.05) is 0 Å². The van der Waals surface area contributed by atoms with Crippen LogP contribution in [0.2, 0.25) is 0 Å². The van der Waals surface area contributed by atoms with Crippen molar-refractivity contribution in [3.8, 4) is 5.75 Å². The van der Waals surface area contributed by atoms with E-state index in [1.54, 1.807) is 0 Å². The van der Waals surface area contributed by atoms with Gasteiger partial charge in [0.1, 0.15) is 6.10 Å². The van der Waals surface area contributed by atoms with Gasteiger partial charge in [-0.25, -0.2) is 0 Å². The van der Waals surface area contributed by atoms with Crippen LogP contribution in [0.1, 0.15) is 11.7 Å². The standard InChI is InChI=1S/C10H8Cl6N2O2/c11-9(12,13)7-4-1-3(17)2-5(18)6(4)19-8(20-7)10(14,15)16/h1-2,7-8H,17-18H2. The van der Waals surface area contributed by atoms with E-state index in [-0.39, 0.29) is 11.4 Å². The Morgan fingerprint density at radius 1 is 0.950 bits per heavy atom. The fourth-order valence-corrected chi connectivity index (χ4v) is 2.55. The fraction of sp³-hybridized carbons (Fsp3) is 0.400. The minimum absolute atomic E-state index is 0.207. The molecule has 2 unspecified atom stereocenters. The van der Waals surface area contributed by atoms with Crippen LogP contribution in [-0.2, 0) is 4.74 Å². The molecule has 4 nitrogen and oxygen atoms in total. The van der Waals surface area contributed by atoms with Crippen LogP contribution in [0, 0.1) is 0 Å². The predicted octanol–water partition coefficient (Wildman–Crippen LogP) is 4.37. The smallest absolute Gasteiger partial charge is 0.252 e. The molecule has 2 rings (SSSR count). The van der Waals surface area contributed by atoms with Crippen LogP contribution < -0.4 is 16.2 Å². The maximum atomic E-state index is 5.90. The van der Waals surface area contributed by atoms with E-state index in [2.05, 4.69) is 0 Å². The molecule has 4 N–H and O–H groups in total. The first-order valence-electron chi connectivity index (χ1n) is 5.14. The van der Waals surface area contributed by atoms with Crippen LogP contribution in [0.25, 0.3) is 0 Å². The third-order valence-corrected chi connectivity index (χ3v) is 3.63. The lowest BCUT2D eigenvalue weighted by Crippen LogP contribution is -2.42. The first-order chi connectivity index (χ1) is 9.00. The summed E-state index contributed by atoms with van der Waals surface area (Å²) in [5.74, 6) is 0.207.